The first-order chi connectivity index (χ1) is 23.0. The minimum Gasteiger partial charge on any atom is -0.506 e. The van der Waals surface area contributed by atoms with E-state index in [0.29, 0.717) is 51.6 Å². The van der Waals surface area contributed by atoms with E-state index in [1.807, 2.05) is 24.3 Å². The molecule has 6 rings (SSSR count). The maximum Gasteiger partial charge on any atom is 0.420 e. The molecule has 3 N–H and O–H groups in total. The zero-order valence-corrected chi connectivity index (χ0v) is 27.2. The maximum atomic E-state index is 13.9. The summed E-state index contributed by atoms with van der Waals surface area (Å²) in [6.07, 6.45) is -4.39. The van der Waals surface area contributed by atoms with Crippen molar-refractivity contribution in [3.05, 3.63) is 58.1 Å². The van der Waals surface area contributed by atoms with Gasteiger partial charge in [0.1, 0.15) is 5.75 Å². The number of para-hydroxylation sites is 1. The number of aromatic hydroxyl groups is 1. The molecule has 4 heterocycles. The van der Waals surface area contributed by atoms with Gasteiger partial charge in [-0.05, 0) is 68.1 Å². The summed E-state index contributed by atoms with van der Waals surface area (Å²) in [4.78, 5) is 47.4. The molecule has 2 aromatic carbocycles. The number of likely N-dealkylation sites (tertiary alicyclic amines) is 1. The number of fused-ring (bicyclic) bond motifs is 1. The number of ether oxygens (including phenoxy) is 1. The van der Waals surface area contributed by atoms with Crippen LogP contribution < -0.4 is 10.6 Å². The number of phenols is 1. The molecule has 4 amide bonds. The zero-order chi connectivity index (χ0) is 34.0. The van der Waals surface area contributed by atoms with Crippen molar-refractivity contribution in [1.29, 1.82) is 0 Å². The molecule has 0 aromatic heterocycles. The second-order valence-corrected chi connectivity index (χ2v) is 13.2. The van der Waals surface area contributed by atoms with Gasteiger partial charge in [-0.3, -0.25) is 9.69 Å². The summed E-state index contributed by atoms with van der Waals surface area (Å²) in [5.41, 5.74) is 0.449. The van der Waals surface area contributed by atoms with Gasteiger partial charge < -0.3 is 35.2 Å². The number of alkyl halides is 3. The van der Waals surface area contributed by atoms with Crippen LogP contribution >= 0.6 is 11.6 Å². The van der Waals surface area contributed by atoms with Crippen molar-refractivity contribution in [1.82, 2.24) is 24.9 Å². The number of hydrogen-bond donors (Lipinski definition) is 3. The number of halogens is 4. The van der Waals surface area contributed by atoms with E-state index in [1.54, 1.807) is 9.80 Å². The fourth-order valence-corrected chi connectivity index (χ4v) is 7.38. The van der Waals surface area contributed by atoms with Crippen LogP contribution in [0.5, 0.6) is 5.75 Å². The molecule has 2 aromatic rings. The maximum absolute atomic E-state index is 13.9. The van der Waals surface area contributed by atoms with E-state index in [0.717, 1.165) is 49.3 Å². The first-order valence-corrected chi connectivity index (χ1v) is 16.8. The van der Waals surface area contributed by atoms with Crippen molar-refractivity contribution >= 4 is 35.3 Å². The summed E-state index contributed by atoms with van der Waals surface area (Å²) in [5, 5.41) is 15.7. The van der Waals surface area contributed by atoms with Crippen LogP contribution in [0.25, 0.3) is 0 Å². The molecule has 0 spiro atoms. The summed E-state index contributed by atoms with van der Waals surface area (Å²) in [5.74, 6) is -1.60. The molecular weight excluding hydrogens is 653 g/mol. The summed E-state index contributed by atoms with van der Waals surface area (Å²) in [6, 6.07) is 9.57. The van der Waals surface area contributed by atoms with Gasteiger partial charge in [-0.1, -0.05) is 29.8 Å². The fraction of sp³-hybridized carbons (Fsp3) is 0.545. The molecule has 11 nitrogen and oxygen atoms in total. The molecule has 0 aliphatic carbocycles. The normalized spacial score (nSPS) is 20.7. The number of piperazine rings is 1. The van der Waals surface area contributed by atoms with Gasteiger partial charge in [0.05, 0.1) is 10.6 Å². The SMILES string of the molecule is O=C(O[C@H](Cc1cc(Cl)c(O)c(C(F)(F)F)c1)C(=O)N1CCN(C2CCNCC2)CC1)N1CCC(N2Cc3ccccc3NC2=O)CC1. The monoisotopic (exact) mass is 692 g/mol. The fourth-order valence-electron chi connectivity index (χ4n) is 7.14. The first-order valence-electron chi connectivity index (χ1n) is 16.4. The summed E-state index contributed by atoms with van der Waals surface area (Å²) < 4.78 is 46.8. The van der Waals surface area contributed by atoms with Crippen molar-refractivity contribution < 1.29 is 37.4 Å². The van der Waals surface area contributed by atoms with Crippen molar-refractivity contribution in [3.63, 3.8) is 0 Å². The number of nitrogens with zero attached hydrogens (tertiary/aromatic N) is 4. The van der Waals surface area contributed by atoms with Crippen molar-refractivity contribution in [2.75, 3.05) is 57.7 Å². The standard InChI is InChI=1S/C33H40ClF3N6O5/c34-26-18-21(17-25(29(26)44)33(35,36)37)19-28(30(45)41-15-13-40(14-16-41)23-5-9-38-10-6-23)48-32(47)42-11-7-24(8-12-42)43-20-22-3-1-2-4-27(22)39-31(43)46/h1-4,17-18,23-24,28,38,44H,5-16,19-20H2,(H,39,46)/t28-/m1/s1. The van der Waals surface area contributed by atoms with Crippen LogP contribution in [0.1, 0.15) is 42.4 Å². The minimum atomic E-state index is -4.89. The second-order valence-electron chi connectivity index (χ2n) is 12.8. The topological polar surface area (TPSA) is 118 Å². The van der Waals surface area contributed by atoms with E-state index in [-0.39, 0.29) is 37.1 Å². The number of carbonyl (C=O) groups is 3. The number of phenolic OH excluding ortho intramolecular Hbond substituents is 1. The van der Waals surface area contributed by atoms with Crippen LogP contribution in [0.3, 0.4) is 0 Å². The Hall–Kier alpha value is -3.75. The lowest BCUT2D eigenvalue weighted by Crippen LogP contribution is -2.56. The van der Waals surface area contributed by atoms with Crippen molar-refractivity contribution in [3.8, 4) is 5.75 Å². The molecular formula is C33H40ClF3N6O5. The summed E-state index contributed by atoms with van der Waals surface area (Å²) >= 11 is 5.97. The Kier molecular flexibility index (Phi) is 10.2. The molecule has 4 aliphatic heterocycles. The first kappa shape index (κ1) is 34.1. The van der Waals surface area contributed by atoms with Gasteiger partial charge in [0, 0.05) is 70.0 Å². The van der Waals surface area contributed by atoms with E-state index in [1.165, 1.54) is 4.90 Å². The predicted octanol–water partition coefficient (Wildman–Crippen LogP) is 4.52. The molecule has 260 valence electrons. The molecule has 0 unspecified atom stereocenters. The van der Waals surface area contributed by atoms with Gasteiger partial charge in [0.2, 0.25) is 0 Å². The average Bonchev–Trinajstić information content (AvgIpc) is 3.09. The minimum absolute atomic E-state index is 0.000262. The number of rotatable bonds is 6. The molecule has 3 fully saturated rings. The van der Waals surface area contributed by atoms with E-state index in [9.17, 15) is 32.7 Å². The van der Waals surface area contributed by atoms with Gasteiger partial charge in [-0.15, -0.1) is 0 Å². The number of urea groups is 1. The lowest BCUT2D eigenvalue weighted by molar-refractivity contribution is -0.143. The quantitative estimate of drug-likeness (QED) is 0.408. The third-order valence-electron chi connectivity index (χ3n) is 9.84. The molecule has 48 heavy (non-hydrogen) atoms. The highest BCUT2D eigenvalue weighted by Crippen LogP contribution is 2.40. The highest BCUT2D eigenvalue weighted by molar-refractivity contribution is 6.32. The molecule has 0 saturated carbocycles. The average molecular weight is 693 g/mol. The molecule has 1 atom stereocenters. The number of piperidine rings is 2. The predicted molar refractivity (Wildman–Crippen MR) is 172 cm³/mol. The zero-order valence-electron chi connectivity index (χ0n) is 26.5. The number of amides is 4. The van der Waals surface area contributed by atoms with Crippen LogP contribution in [-0.4, -0.2) is 113 Å². The molecule has 3 saturated heterocycles. The van der Waals surface area contributed by atoms with Crippen molar-refractivity contribution in [2.45, 2.75) is 63.0 Å². The van der Waals surface area contributed by atoms with Gasteiger partial charge in [0.25, 0.3) is 5.91 Å². The van der Waals surface area contributed by atoms with Gasteiger partial charge in [0.15, 0.2) is 6.10 Å². The number of carbonyl (C=O) groups excluding carboxylic acids is 3. The summed E-state index contributed by atoms with van der Waals surface area (Å²) in [7, 11) is 0. The van der Waals surface area contributed by atoms with Crippen LogP contribution in [0.2, 0.25) is 5.02 Å². The van der Waals surface area contributed by atoms with E-state index >= 15 is 0 Å². The van der Waals surface area contributed by atoms with E-state index in [4.69, 9.17) is 16.3 Å². The van der Waals surface area contributed by atoms with Gasteiger partial charge in [-0.25, -0.2) is 9.59 Å². The Labute approximate surface area is 281 Å². The number of anilines is 1. The Morgan fingerprint density at radius 3 is 2.33 bits per heavy atom. The molecule has 0 bridgehead atoms. The van der Waals surface area contributed by atoms with Crippen LogP contribution in [-0.2, 0) is 28.7 Å². The van der Waals surface area contributed by atoms with Crippen LogP contribution in [0, 0.1) is 0 Å². The third-order valence-corrected chi connectivity index (χ3v) is 10.1. The van der Waals surface area contributed by atoms with Gasteiger partial charge >= 0.3 is 18.3 Å². The van der Waals surface area contributed by atoms with E-state index in [2.05, 4.69) is 15.5 Å². The Morgan fingerprint density at radius 2 is 1.65 bits per heavy atom. The lowest BCUT2D eigenvalue weighted by atomic mass is 10.0. The third kappa shape index (κ3) is 7.60. The number of benzene rings is 2. The smallest absolute Gasteiger partial charge is 0.420 e. The largest absolute Gasteiger partial charge is 0.506 e. The van der Waals surface area contributed by atoms with Crippen molar-refractivity contribution in [2.24, 2.45) is 0 Å². The number of hydrogen-bond acceptors (Lipinski definition) is 7. The van der Waals surface area contributed by atoms with Crippen LogP contribution in [0.15, 0.2) is 36.4 Å². The molecule has 4 aliphatic rings. The van der Waals surface area contributed by atoms with E-state index < -0.39 is 40.6 Å². The highest BCUT2D eigenvalue weighted by Gasteiger charge is 2.39. The lowest BCUT2D eigenvalue weighted by Gasteiger charge is -2.42. The summed E-state index contributed by atoms with van der Waals surface area (Å²) in [6.45, 7) is 4.95. The molecule has 0 radical (unpaired) electrons. The second kappa shape index (κ2) is 14.4. The highest BCUT2D eigenvalue weighted by atomic mass is 35.5. The number of nitrogens with one attached hydrogen (secondary N) is 2. The molecule has 15 heteroatoms. The Morgan fingerprint density at radius 1 is 0.958 bits per heavy atom. The van der Waals surface area contributed by atoms with Gasteiger partial charge in [-0.2, -0.15) is 13.2 Å². The Bertz CT molecular complexity index is 1510. The Balaban J connectivity index is 1.13. The van der Waals surface area contributed by atoms with Crippen LogP contribution in [0.4, 0.5) is 28.4 Å².